The van der Waals surface area contributed by atoms with Gasteiger partial charge >= 0.3 is 0 Å². The van der Waals surface area contributed by atoms with Crippen molar-refractivity contribution in [2.24, 2.45) is 0 Å². The van der Waals surface area contributed by atoms with E-state index in [2.05, 4.69) is 64.6 Å². The van der Waals surface area contributed by atoms with Crippen LogP contribution in [-0.4, -0.2) is 27.5 Å². The second-order valence-corrected chi connectivity index (χ2v) is 19.3. The van der Waals surface area contributed by atoms with E-state index in [4.69, 9.17) is 0 Å². The molecule has 0 amide bonds. The molecule has 1 atom stereocenters. The number of nitrogens with one attached hydrogen (secondary N) is 1. The summed E-state index contributed by atoms with van der Waals surface area (Å²) in [6.45, 7) is 21.6. The van der Waals surface area contributed by atoms with Gasteiger partial charge in [-0.15, -0.1) is 12.3 Å². The molecule has 0 aromatic rings. The number of hydrogen-bond acceptors (Lipinski definition) is 1. The molecule has 0 aromatic carbocycles. The Morgan fingerprint density at radius 1 is 1.11 bits per heavy atom. The van der Waals surface area contributed by atoms with Crippen LogP contribution >= 0.6 is 0 Å². The van der Waals surface area contributed by atoms with Gasteiger partial charge in [-0.25, -0.2) is 0 Å². The largest absolute Gasteiger partial charge is 0.316 e. The molecule has 19 heavy (non-hydrogen) atoms. The normalized spacial score (nSPS) is 20.6. The zero-order chi connectivity index (χ0) is 14.9. The summed E-state index contributed by atoms with van der Waals surface area (Å²) in [5.74, 6) is 0. The molecular formula is C16H35NSi2. The molecule has 0 radical (unpaired) electrons. The fourth-order valence-corrected chi connectivity index (χ4v) is 14.7. The van der Waals surface area contributed by atoms with Crippen LogP contribution in [0.4, 0.5) is 0 Å². The van der Waals surface area contributed by atoms with E-state index in [0.717, 1.165) is 11.3 Å². The summed E-state index contributed by atoms with van der Waals surface area (Å²) in [6.07, 6.45) is 5.59. The van der Waals surface area contributed by atoms with E-state index >= 15 is 0 Å². The molecule has 112 valence electrons. The van der Waals surface area contributed by atoms with Gasteiger partial charge in [0.25, 0.3) is 0 Å². The second kappa shape index (κ2) is 5.86. The third-order valence-corrected chi connectivity index (χ3v) is 18.3. The number of hydrogen-bond donors (Lipinski definition) is 1. The van der Waals surface area contributed by atoms with Crippen LogP contribution in [0.2, 0.25) is 31.2 Å². The second-order valence-electron chi connectivity index (χ2n) is 8.58. The van der Waals surface area contributed by atoms with Crippen molar-refractivity contribution >= 4 is 16.1 Å². The zero-order valence-electron chi connectivity index (χ0n) is 14.3. The molecule has 0 heterocycles. The fourth-order valence-electron chi connectivity index (χ4n) is 3.23. The summed E-state index contributed by atoms with van der Waals surface area (Å²) in [6, 6.07) is 0.769. The van der Waals surface area contributed by atoms with Crippen molar-refractivity contribution in [1.29, 1.82) is 0 Å². The summed E-state index contributed by atoms with van der Waals surface area (Å²) in [4.78, 5) is 0. The van der Waals surface area contributed by atoms with Crippen LogP contribution in [-0.2, 0) is 0 Å². The van der Waals surface area contributed by atoms with Gasteiger partial charge in [-0.05, 0) is 23.2 Å². The lowest BCUT2D eigenvalue weighted by molar-refractivity contribution is 0.528. The third kappa shape index (κ3) is 3.82. The molecule has 1 fully saturated rings. The molecule has 0 saturated heterocycles. The highest BCUT2D eigenvalue weighted by Gasteiger charge is 2.49. The molecule has 1 nitrogen and oxygen atoms in total. The Hall–Kier alpha value is 0.134. The molecule has 1 saturated carbocycles. The predicted octanol–water partition coefficient (Wildman–Crippen LogP) is 4.91. The van der Waals surface area contributed by atoms with Gasteiger partial charge in [-0.3, -0.25) is 0 Å². The highest BCUT2D eigenvalue weighted by Crippen LogP contribution is 2.41. The molecule has 0 spiro atoms. The smallest absolute Gasteiger partial charge is 0.0855 e. The van der Waals surface area contributed by atoms with Crippen LogP contribution in [0.25, 0.3) is 0 Å². The Bertz CT molecular complexity index is 309. The van der Waals surface area contributed by atoms with Gasteiger partial charge in [0.05, 0.1) is 16.1 Å². The maximum atomic E-state index is 4.17. The quantitative estimate of drug-likeness (QED) is 0.711. The Labute approximate surface area is 123 Å². The van der Waals surface area contributed by atoms with Crippen molar-refractivity contribution in [2.45, 2.75) is 89.0 Å². The summed E-state index contributed by atoms with van der Waals surface area (Å²) in [5, 5.41) is 5.28. The Morgan fingerprint density at radius 3 is 1.95 bits per heavy atom. The lowest BCUT2D eigenvalue weighted by Gasteiger charge is -2.50. The molecule has 0 aromatic heterocycles. The molecule has 1 rings (SSSR count). The van der Waals surface area contributed by atoms with E-state index in [0.29, 0.717) is 5.04 Å². The SMILES string of the molecule is C=C[Si](C)(C)C(NC1CCCC1)[Si](C)(C)C(C)(C)C. The van der Waals surface area contributed by atoms with Crippen LogP contribution in [0.15, 0.2) is 12.3 Å². The summed E-state index contributed by atoms with van der Waals surface area (Å²) >= 11 is 0. The Kier molecular flexibility index (Phi) is 5.30. The van der Waals surface area contributed by atoms with E-state index in [9.17, 15) is 0 Å². The van der Waals surface area contributed by atoms with Crippen LogP contribution in [0.3, 0.4) is 0 Å². The summed E-state index contributed by atoms with van der Waals surface area (Å²) in [7, 11) is -2.78. The third-order valence-electron chi connectivity index (χ3n) is 5.68. The van der Waals surface area contributed by atoms with Gasteiger partial charge in [-0.2, -0.15) is 0 Å². The lowest BCUT2D eigenvalue weighted by atomic mass is 10.2. The maximum Gasteiger partial charge on any atom is 0.0855 e. The molecular weight excluding hydrogens is 262 g/mol. The first-order valence-electron chi connectivity index (χ1n) is 7.92. The van der Waals surface area contributed by atoms with Crippen molar-refractivity contribution in [3.8, 4) is 0 Å². The van der Waals surface area contributed by atoms with E-state index in [-0.39, 0.29) is 0 Å². The van der Waals surface area contributed by atoms with Crippen molar-refractivity contribution in [3.63, 3.8) is 0 Å². The Balaban J connectivity index is 3.01. The Morgan fingerprint density at radius 2 is 1.58 bits per heavy atom. The van der Waals surface area contributed by atoms with Crippen molar-refractivity contribution in [1.82, 2.24) is 5.32 Å². The average Bonchev–Trinajstić information content (AvgIpc) is 2.76. The van der Waals surface area contributed by atoms with Gasteiger partial charge < -0.3 is 5.32 Å². The molecule has 0 bridgehead atoms. The molecule has 1 unspecified atom stereocenters. The molecule has 1 aliphatic rings. The van der Waals surface area contributed by atoms with E-state index in [1.807, 2.05) is 0 Å². The fraction of sp³-hybridized carbons (Fsp3) is 0.875. The van der Waals surface area contributed by atoms with Gasteiger partial charge in [0.2, 0.25) is 0 Å². The van der Waals surface area contributed by atoms with Gasteiger partial charge in [-0.1, -0.05) is 59.8 Å². The minimum atomic E-state index is -1.40. The predicted molar refractivity (Wildman–Crippen MR) is 94.1 cm³/mol. The van der Waals surface area contributed by atoms with Crippen LogP contribution < -0.4 is 5.32 Å². The first-order valence-corrected chi connectivity index (χ1v) is 14.2. The highest BCUT2D eigenvalue weighted by molar-refractivity contribution is 7.00. The van der Waals surface area contributed by atoms with E-state index in [1.165, 1.54) is 25.7 Å². The molecule has 0 aliphatic heterocycles. The average molecular weight is 298 g/mol. The number of rotatable bonds is 5. The monoisotopic (exact) mass is 297 g/mol. The van der Waals surface area contributed by atoms with Crippen molar-refractivity contribution < 1.29 is 0 Å². The first-order chi connectivity index (χ1) is 8.52. The van der Waals surface area contributed by atoms with Crippen molar-refractivity contribution in [3.05, 3.63) is 12.3 Å². The van der Waals surface area contributed by atoms with E-state index in [1.54, 1.807) is 0 Å². The maximum absolute atomic E-state index is 4.17. The van der Waals surface area contributed by atoms with Gasteiger partial charge in [0.15, 0.2) is 0 Å². The van der Waals surface area contributed by atoms with Crippen LogP contribution in [0, 0.1) is 0 Å². The van der Waals surface area contributed by atoms with Gasteiger partial charge in [0.1, 0.15) is 0 Å². The molecule has 1 aliphatic carbocycles. The zero-order valence-corrected chi connectivity index (χ0v) is 16.3. The van der Waals surface area contributed by atoms with E-state index < -0.39 is 16.1 Å². The first kappa shape index (κ1) is 17.2. The summed E-state index contributed by atoms with van der Waals surface area (Å²) in [5.41, 5.74) is 2.31. The topological polar surface area (TPSA) is 12.0 Å². The van der Waals surface area contributed by atoms with Gasteiger partial charge in [0, 0.05) is 6.04 Å². The lowest BCUT2D eigenvalue weighted by Crippen LogP contribution is -2.68. The molecule has 3 heteroatoms. The minimum absolute atomic E-state index is 0.441. The van der Waals surface area contributed by atoms with Crippen LogP contribution in [0.5, 0.6) is 0 Å². The summed E-state index contributed by atoms with van der Waals surface area (Å²) < 4.78 is 0. The molecule has 1 N–H and O–H groups in total. The van der Waals surface area contributed by atoms with Crippen LogP contribution in [0.1, 0.15) is 46.5 Å². The standard InChI is InChI=1S/C16H35NSi2/c1-9-18(5,6)15(17-14-12-10-11-13-14)19(7,8)16(2,3)4/h9,14-15,17H,1,10-13H2,2-8H3. The minimum Gasteiger partial charge on any atom is -0.316 e. The highest BCUT2D eigenvalue weighted by atomic mass is 28.4. The van der Waals surface area contributed by atoms with Crippen molar-refractivity contribution in [2.75, 3.05) is 0 Å².